The summed E-state index contributed by atoms with van der Waals surface area (Å²) in [5, 5.41) is 9.81. The average molecular weight is 357 g/mol. The number of phenols is 1. The van der Waals surface area contributed by atoms with Gasteiger partial charge < -0.3 is 9.84 Å². The lowest BCUT2D eigenvalue weighted by molar-refractivity contribution is -0.158. The Bertz CT molecular complexity index is 695. The fourth-order valence-corrected chi connectivity index (χ4v) is 6.25. The zero-order valence-corrected chi connectivity index (χ0v) is 16.3. The van der Waals surface area contributed by atoms with Crippen LogP contribution in [-0.2, 0) is 16.0 Å². The molecule has 4 rings (SSSR count). The van der Waals surface area contributed by atoms with E-state index in [0.29, 0.717) is 35.8 Å². The molecule has 1 N–H and O–H groups in total. The topological polar surface area (TPSA) is 46.5 Å². The maximum Gasteiger partial charge on any atom is 0.306 e. The van der Waals surface area contributed by atoms with Gasteiger partial charge in [-0.25, -0.2) is 0 Å². The fraction of sp³-hybridized carbons (Fsp3) is 0.696. The summed E-state index contributed by atoms with van der Waals surface area (Å²) in [5.74, 6) is 2.69. The van der Waals surface area contributed by atoms with E-state index in [2.05, 4.69) is 26.8 Å². The molecule has 2 saturated carbocycles. The van der Waals surface area contributed by atoms with Crippen molar-refractivity contribution in [3.8, 4) is 5.75 Å². The number of ether oxygens (including phenoxy) is 1. The first kappa shape index (κ1) is 17.9. The number of benzene rings is 1. The van der Waals surface area contributed by atoms with Crippen LogP contribution in [0.3, 0.4) is 0 Å². The van der Waals surface area contributed by atoms with Gasteiger partial charge in [-0.15, -0.1) is 0 Å². The Morgan fingerprint density at radius 2 is 2.08 bits per heavy atom. The lowest BCUT2D eigenvalue weighted by atomic mass is 9.55. The maximum absolute atomic E-state index is 12.3. The van der Waals surface area contributed by atoms with Gasteiger partial charge in [-0.05, 0) is 85.5 Å². The van der Waals surface area contributed by atoms with E-state index in [-0.39, 0.29) is 17.5 Å². The van der Waals surface area contributed by atoms with Gasteiger partial charge >= 0.3 is 5.97 Å². The van der Waals surface area contributed by atoms with Crippen LogP contribution >= 0.6 is 0 Å². The third-order valence-electron chi connectivity index (χ3n) is 7.47. The molecule has 3 heteroatoms. The third-order valence-corrected chi connectivity index (χ3v) is 7.47. The Balaban J connectivity index is 1.53. The summed E-state index contributed by atoms with van der Waals surface area (Å²) >= 11 is 0. The Morgan fingerprint density at radius 1 is 1.27 bits per heavy atom. The Kier molecular flexibility index (Phi) is 4.53. The van der Waals surface area contributed by atoms with E-state index in [9.17, 15) is 9.90 Å². The molecule has 1 aromatic rings. The predicted octanol–water partition coefficient (Wildman–Crippen LogP) is 5.21. The SMILES string of the molecule is CC(C)CC(=O)OC1CCC2C3CCc4cc(O)ccc4C3CCC12C. The molecule has 5 atom stereocenters. The summed E-state index contributed by atoms with van der Waals surface area (Å²) in [4.78, 5) is 12.3. The number of fused-ring (bicyclic) bond motifs is 5. The smallest absolute Gasteiger partial charge is 0.306 e. The molecule has 0 aliphatic heterocycles. The molecule has 1 aromatic carbocycles. The summed E-state index contributed by atoms with van der Waals surface area (Å²) in [5.41, 5.74) is 2.94. The van der Waals surface area contributed by atoms with Crippen LogP contribution < -0.4 is 0 Å². The lowest BCUT2D eigenvalue weighted by Crippen LogP contribution is -2.45. The van der Waals surface area contributed by atoms with Crippen LogP contribution in [0.4, 0.5) is 0 Å². The van der Waals surface area contributed by atoms with E-state index in [1.165, 1.54) is 30.4 Å². The zero-order valence-electron chi connectivity index (χ0n) is 16.3. The van der Waals surface area contributed by atoms with Gasteiger partial charge in [0.05, 0.1) is 0 Å². The van der Waals surface area contributed by atoms with Gasteiger partial charge in [-0.3, -0.25) is 4.79 Å². The largest absolute Gasteiger partial charge is 0.508 e. The maximum atomic E-state index is 12.3. The van der Waals surface area contributed by atoms with Crippen LogP contribution in [0.15, 0.2) is 18.2 Å². The Labute approximate surface area is 157 Å². The first-order valence-electron chi connectivity index (χ1n) is 10.4. The molecule has 0 spiro atoms. The number of phenolic OH excluding ortho intramolecular Hbond substituents is 1. The van der Waals surface area contributed by atoms with E-state index in [1.807, 2.05) is 12.1 Å². The first-order chi connectivity index (χ1) is 12.4. The molecule has 0 amide bonds. The fourth-order valence-electron chi connectivity index (χ4n) is 6.25. The number of hydrogen-bond acceptors (Lipinski definition) is 3. The predicted molar refractivity (Wildman–Crippen MR) is 102 cm³/mol. The number of aromatic hydroxyl groups is 1. The molecule has 0 aromatic heterocycles. The highest BCUT2D eigenvalue weighted by Crippen LogP contribution is 2.61. The number of carbonyl (C=O) groups is 1. The minimum atomic E-state index is -0.0153. The molecular formula is C23H32O3. The van der Waals surface area contributed by atoms with E-state index < -0.39 is 0 Å². The van der Waals surface area contributed by atoms with Crippen molar-refractivity contribution >= 4 is 5.97 Å². The highest BCUT2D eigenvalue weighted by molar-refractivity contribution is 5.69. The second-order valence-electron chi connectivity index (χ2n) is 9.50. The molecule has 26 heavy (non-hydrogen) atoms. The molecule has 142 valence electrons. The number of aryl methyl sites for hydroxylation is 1. The molecular weight excluding hydrogens is 324 g/mol. The molecule has 5 unspecified atom stereocenters. The minimum Gasteiger partial charge on any atom is -0.508 e. The van der Waals surface area contributed by atoms with Crippen molar-refractivity contribution in [2.24, 2.45) is 23.2 Å². The molecule has 0 saturated heterocycles. The standard InChI is InChI=1S/C23H32O3/c1-14(2)12-22(25)26-21-9-8-20-19-6-4-15-13-16(24)5-7-17(15)18(19)10-11-23(20,21)3/h5,7,13-14,18-21,24H,4,6,8-12H2,1-3H3. The van der Waals surface area contributed by atoms with Gasteiger partial charge in [-0.1, -0.05) is 26.8 Å². The molecule has 2 fully saturated rings. The number of hydrogen-bond donors (Lipinski definition) is 1. The van der Waals surface area contributed by atoms with Crippen LogP contribution in [0.5, 0.6) is 5.75 Å². The van der Waals surface area contributed by atoms with Crippen LogP contribution in [0.25, 0.3) is 0 Å². The molecule has 3 nitrogen and oxygen atoms in total. The lowest BCUT2D eigenvalue weighted by Gasteiger charge is -2.50. The zero-order chi connectivity index (χ0) is 18.5. The van der Waals surface area contributed by atoms with Gasteiger partial charge in [0.1, 0.15) is 11.9 Å². The van der Waals surface area contributed by atoms with Crippen LogP contribution in [0, 0.1) is 23.2 Å². The summed E-state index contributed by atoms with van der Waals surface area (Å²) in [6.07, 6.45) is 7.41. The number of rotatable bonds is 3. The van der Waals surface area contributed by atoms with E-state index >= 15 is 0 Å². The first-order valence-corrected chi connectivity index (χ1v) is 10.4. The Hall–Kier alpha value is -1.51. The average Bonchev–Trinajstić information content (AvgIpc) is 2.90. The van der Waals surface area contributed by atoms with Crippen LogP contribution in [-0.4, -0.2) is 17.2 Å². The van der Waals surface area contributed by atoms with Crippen LogP contribution in [0.1, 0.15) is 76.3 Å². The van der Waals surface area contributed by atoms with Crippen molar-refractivity contribution in [3.63, 3.8) is 0 Å². The van der Waals surface area contributed by atoms with Crippen molar-refractivity contribution in [1.29, 1.82) is 0 Å². The summed E-state index contributed by atoms with van der Waals surface area (Å²) < 4.78 is 5.99. The minimum absolute atomic E-state index is 0.0153. The summed E-state index contributed by atoms with van der Waals surface area (Å²) in [6.45, 7) is 6.52. The van der Waals surface area contributed by atoms with E-state index in [4.69, 9.17) is 4.74 Å². The number of esters is 1. The van der Waals surface area contributed by atoms with Crippen molar-refractivity contribution in [3.05, 3.63) is 29.3 Å². The molecule has 0 radical (unpaired) electrons. The van der Waals surface area contributed by atoms with Crippen molar-refractivity contribution in [2.45, 2.75) is 77.7 Å². The van der Waals surface area contributed by atoms with Gasteiger partial charge in [-0.2, -0.15) is 0 Å². The molecule has 0 heterocycles. The number of carbonyl (C=O) groups excluding carboxylic acids is 1. The quantitative estimate of drug-likeness (QED) is 0.757. The van der Waals surface area contributed by atoms with Crippen molar-refractivity contribution < 1.29 is 14.6 Å². The van der Waals surface area contributed by atoms with Crippen LogP contribution in [0.2, 0.25) is 0 Å². The molecule has 3 aliphatic rings. The second-order valence-corrected chi connectivity index (χ2v) is 9.50. The van der Waals surface area contributed by atoms with E-state index in [0.717, 1.165) is 19.3 Å². The van der Waals surface area contributed by atoms with Gasteiger partial charge in [0.25, 0.3) is 0 Å². The third kappa shape index (κ3) is 2.93. The summed E-state index contributed by atoms with van der Waals surface area (Å²) in [6, 6.07) is 5.96. The molecule has 0 bridgehead atoms. The van der Waals surface area contributed by atoms with Gasteiger partial charge in [0.2, 0.25) is 0 Å². The highest BCUT2D eigenvalue weighted by atomic mass is 16.5. The summed E-state index contributed by atoms with van der Waals surface area (Å²) in [7, 11) is 0. The highest BCUT2D eigenvalue weighted by Gasteiger charge is 2.56. The molecule has 3 aliphatic carbocycles. The normalized spacial score (nSPS) is 35.5. The Morgan fingerprint density at radius 3 is 2.85 bits per heavy atom. The van der Waals surface area contributed by atoms with Crippen molar-refractivity contribution in [1.82, 2.24) is 0 Å². The second kappa shape index (κ2) is 6.58. The van der Waals surface area contributed by atoms with Crippen molar-refractivity contribution in [2.75, 3.05) is 0 Å². The van der Waals surface area contributed by atoms with Gasteiger partial charge in [0.15, 0.2) is 0 Å². The monoisotopic (exact) mass is 356 g/mol. The van der Waals surface area contributed by atoms with Gasteiger partial charge in [0, 0.05) is 11.8 Å². The van der Waals surface area contributed by atoms with E-state index in [1.54, 1.807) is 0 Å².